The summed E-state index contributed by atoms with van der Waals surface area (Å²) in [4.78, 5) is 36.2. The van der Waals surface area contributed by atoms with E-state index in [-0.39, 0.29) is 25.9 Å². The lowest BCUT2D eigenvalue weighted by atomic mass is 9.54. The molecule has 1 aliphatic carbocycles. The second-order valence-corrected chi connectivity index (χ2v) is 8.19. The third-order valence-corrected chi connectivity index (χ3v) is 5.33. The zero-order valence-corrected chi connectivity index (χ0v) is 15.4. The van der Waals surface area contributed by atoms with Crippen LogP contribution in [-0.2, 0) is 25.5 Å². The monoisotopic (exact) mass is 362 g/mol. The first-order valence-electron chi connectivity index (χ1n) is 8.69. The Balaban J connectivity index is 2.14. The van der Waals surface area contributed by atoms with E-state index in [1.165, 1.54) is 13.8 Å². The van der Waals surface area contributed by atoms with Gasteiger partial charge in [0.05, 0.1) is 22.9 Å². The quantitative estimate of drug-likeness (QED) is 0.754. The Morgan fingerprint density at radius 1 is 0.885 bits per heavy atom. The van der Waals surface area contributed by atoms with E-state index in [9.17, 15) is 24.6 Å². The summed E-state index contributed by atoms with van der Waals surface area (Å²) in [5, 5.41) is 19.2. The maximum Gasteiger partial charge on any atom is 0.311 e. The number of carboxylic acids is 2. The molecule has 0 radical (unpaired) electrons. The SMILES string of the molecule is CC1(C(=O)OCCc2ccccc2)C[C@](C)(C(=O)O)C[C@@](C)(C(=O)O)C1. The summed E-state index contributed by atoms with van der Waals surface area (Å²) in [7, 11) is 0. The van der Waals surface area contributed by atoms with Crippen LogP contribution in [0.1, 0.15) is 45.6 Å². The lowest BCUT2D eigenvalue weighted by Gasteiger charge is -2.47. The fourth-order valence-electron chi connectivity index (χ4n) is 4.30. The molecular weight excluding hydrogens is 336 g/mol. The molecule has 1 aromatic carbocycles. The lowest BCUT2D eigenvalue weighted by Crippen LogP contribution is -2.52. The van der Waals surface area contributed by atoms with E-state index in [0.29, 0.717) is 6.42 Å². The van der Waals surface area contributed by atoms with Crippen LogP contribution in [0, 0.1) is 16.2 Å². The van der Waals surface area contributed by atoms with Gasteiger partial charge in [-0.3, -0.25) is 14.4 Å². The van der Waals surface area contributed by atoms with Gasteiger partial charge in [-0.25, -0.2) is 0 Å². The maximum atomic E-state index is 12.7. The molecular formula is C20H26O6. The Kier molecular flexibility index (Phi) is 5.44. The molecule has 2 atom stereocenters. The average molecular weight is 362 g/mol. The number of carbonyl (C=O) groups is 3. The van der Waals surface area contributed by atoms with Crippen LogP contribution in [0.25, 0.3) is 0 Å². The minimum Gasteiger partial charge on any atom is -0.481 e. The van der Waals surface area contributed by atoms with Crippen molar-refractivity contribution in [2.24, 2.45) is 16.2 Å². The predicted molar refractivity (Wildman–Crippen MR) is 94.5 cm³/mol. The summed E-state index contributed by atoms with van der Waals surface area (Å²) in [6.07, 6.45) is 0.650. The highest BCUT2D eigenvalue weighted by atomic mass is 16.5. The van der Waals surface area contributed by atoms with Crippen molar-refractivity contribution in [2.75, 3.05) is 6.61 Å². The molecule has 0 heterocycles. The van der Waals surface area contributed by atoms with Crippen molar-refractivity contribution in [1.29, 1.82) is 0 Å². The molecule has 1 aromatic rings. The van der Waals surface area contributed by atoms with Crippen LogP contribution in [0.2, 0.25) is 0 Å². The molecule has 0 bridgehead atoms. The van der Waals surface area contributed by atoms with E-state index in [4.69, 9.17) is 4.74 Å². The zero-order valence-electron chi connectivity index (χ0n) is 15.4. The lowest BCUT2D eigenvalue weighted by molar-refractivity contribution is -0.177. The molecule has 2 rings (SSSR count). The van der Waals surface area contributed by atoms with Gasteiger partial charge in [0.25, 0.3) is 0 Å². The van der Waals surface area contributed by atoms with Crippen LogP contribution in [0.4, 0.5) is 0 Å². The van der Waals surface area contributed by atoms with E-state index in [0.717, 1.165) is 5.56 Å². The summed E-state index contributed by atoms with van der Waals surface area (Å²) < 4.78 is 5.41. The van der Waals surface area contributed by atoms with Crippen LogP contribution < -0.4 is 0 Å². The van der Waals surface area contributed by atoms with Crippen LogP contribution >= 0.6 is 0 Å². The molecule has 0 aromatic heterocycles. The molecule has 1 aliphatic rings. The minimum atomic E-state index is -1.29. The highest BCUT2D eigenvalue weighted by molar-refractivity contribution is 5.84. The van der Waals surface area contributed by atoms with Gasteiger partial charge in [0.2, 0.25) is 0 Å². The summed E-state index contributed by atoms with van der Waals surface area (Å²) in [5.41, 5.74) is -2.72. The van der Waals surface area contributed by atoms with Crippen molar-refractivity contribution in [3.63, 3.8) is 0 Å². The topological polar surface area (TPSA) is 101 Å². The first kappa shape index (κ1) is 19.9. The van der Waals surface area contributed by atoms with Crippen molar-refractivity contribution < 1.29 is 29.3 Å². The van der Waals surface area contributed by atoms with E-state index in [1.807, 2.05) is 30.3 Å². The summed E-state index contributed by atoms with van der Waals surface area (Å²) in [5.74, 6) is -2.71. The van der Waals surface area contributed by atoms with Gasteiger partial charge in [0.15, 0.2) is 0 Å². The number of hydrogen-bond donors (Lipinski definition) is 2. The van der Waals surface area contributed by atoms with Crippen molar-refractivity contribution in [3.05, 3.63) is 35.9 Å². The molecule has 6 heteroatoms. The molecule has 0 unspecified atom stereocenters. The van der Waals surface area contributed by atoms with Crippen LogP contribution in [0.3, 0.4) is 0 Å². The van der Waals surface area contributed by atoms with E-state index in [2.05, 4.69) is 0 Å². The Morgan fingerprint density at radius 3 is 1.81 bits per heavy atom. The average Bonchev–Trinajstić information content (AvgIpc) is 2.54. The normalized spacial score (nSPS) is 31.2. The highest BCUT2D eigenvalue weighted by Crippen LogP contribution is 2.55. The van der Waals surface area contributed by atoms with Gasteiger partial charge in [-0.2, -0.15) is 0 Å². The predicted octanol–water partition coefficient (Wildman–Crippen LogP) is 3.14. The standard InChI is InChI=1S/C20H26O6/c1-18(15(21)22)11-19(2,16(23)24)13-20(3,12-18)17(25)26-10-9-14-7-5-4-6-8-14/h4-8H,9-13H2,1-3H3,(H,21,22)(H,23,24)/t18-,19-/m1/s1. The number of carboxylic acid groups (broad SMARTS) is 2. The molecule has 0 amide bonds. The largest absolute Gasteiger partial charge is 0.481 e. The number of carbonyl (C=O) groups excluding carboxylic acids is 1. The number of benzene rings is 1. The Hall–Kier alpha value is -2.37. The Morgan fingerprint density at radius 2 is 1.35 bits per heavy atom. The summed E-state index contributed by atoms with van der Waals surface area (Å²) in [6, 6.07) is 9.56. The second kappa shape index (κ2) is 7.09. The third-order valence-electron chi connectivity index (χ3n) is 5.33. The van der Waals surface area contributed by atoms with Gasteiger partial charge >= 0.3 is 17.9 Å². The van der Waals surface area contributed by atoms with Gasteiger partial charge in [0.1, 0.15) is 0 Å². The zero-order chi connectivity index (χ0) is 19.6. The Labute approximate surface area is 153 Å². The molecule has 1 fully saturated rings. The molecule has 0 aliphatic heterocycles. The van der Waals surface area contributed by atoms with Crippen molar-refractivity contribution >= 4 is 17.9 Å². The molecule has 6 nitrogen and oxygen atoms in total. The molecule has 142 valence electrons. The summed E-state index contributed by atoms with van der Waals surface area (Å²) >= 11 is 0. The van der Waals surface area contributed by atoms with Gasteiger partial charge in [-0.15, -0.1) is 0 Å². The maximum absolute atomic E-state index is 12.7. The number of esters is 1. The second-order valence-electron chi connectivity index (χ2n) is 8.19. The van der Waals surface area contributed by atoms with Crippen molar-refractivity contribution in [1.82, 2.24) is 0 Å². The van der Waals surface area contributed by atoms with E-state index in [1.54, 1.807) is 6.92 Å². The first-order chi connectivity index (χ1) is 12.0. The molecule has 1 saturated carbocycles. The van der Waals surface area contributed by atoms with Crippen molar-refractivity contribution in [3.8, 4) is 0 Å². The number of hydrogen-bond acceptors (Lipinski definition) is 4. The number of aliphatic carboxylic acids is 2. The van der Waals surface area contributed by atoms with Crippen LogP contribution in [0.15, 0.2) is 30.3 Å². The van der Waals surface area contributed by atoms with Crippen LogP contribution in [-0.4, -0.2) is 34.7 Å². The van der Waals surface area contributed by atoms with Crippen molar-refractivity contribution in [2.45, 2.75) is 46.5 Å². The smallest absolute Gasteiger partial charge is 0.311 e. The fourth-order valence-corrected chi connectivity index (χ4v) is 4.30. The van der Waals surface area contributed by atoms with E-state index >= 15 is 0 Å². The van der Waals surface area contributed by atoms with E-state index < -0.39 is 34.2 Å². The first-order valence-corrected chi connectivity index (χ1v) is 8.69. The molecule has 2 N–H and O–H groups in total. The fraction of sp³-hybridized carbons (Fsp3) is 0.550. The number of ether oxygens (including phenoxy) is 1. The minimum absolute atomic E-state index is 0.0163. The molecule has 0 saturated heterocycles. The van der Waals surface area contributed by atoms with Gasteiger partial charge in [0, 0.05) is 6.42 Å². The van der Waals surface area contributed by atoms with Gasteiger partial charge in [-0.1, -0.05) is 30.3 Å². The van der Waals surface area contributed by atoms with Gasteiger partial charge < -0.3 is 14.9 Å². The highest BCUT2D eigenvalue weighted by Gasteiger charge is 2.58. The third kappa shape index (κ3) is 4.06. The van der Waals surface area contributed by atoms with Crippen LogP contribution in [0.5, 0.6) is 0 Å². The Bertz CT molecular complexity index is 670. The molecule has 26 heavy (non-hydrogen) atoms. The number of rotatable bonds is 6. The molecule has 0 spiro atoms. The summed E-state index contributed by atoms with van der Waals surface area (Å²) in [6.45, 7) is 4.79. The van der Waals surface area contributed by atoms with Gasteiger partial charge in [-0.05, 0) is 45.6 Å².